The van der Waals surface area contributed by atoms with E-state index in [1.54, 1.807) is 11.6 Å². The first-order valence-electron chi connectivity index (χ1n) is 13.7. The number of nitrogens with zero attached hydrogens (tertiary/aromatic N) is 3. The lowest BCUT2D eigenvalue weighted by molar-refractivity contribution is -0.117. The maximum Gasteiger partial charge on any atom is 0.325 e. The highest BCUT2D eigenvalue weighted by Crippen LogP contribution is 2.39. The van der Waals surface area contributed by atoms with E-state index in [1.807, 2.05) is 60.4 Å². The number of nitrogens with two attached hydrogens (primary N) is 1. The second-order valence-corrected chi connectivity index (χ2v) is 11.4. The van der Waals surface area contributed by atoms with Crippen LogP contribution >= 0.6 is 11.3 Å². The van der Waals surface area contributed by atoms with Crippen LogP contribution in [0.5, 0.6) is 0 Å². The third-order valence-electron chi connectivity index (χ3n) is 7.77. The quantitative estimate of drug-likeness (QED) is 0.228. The molecule has 42 heavy (non-hydrogen) atoms. The summed E-state index contributed by atoms with van der Waals surface area (Å²) >= 11 is 1.34. The van der Waals surface area contributed by atoms with Crippen molar-refractivity contribution in [3.05, 3.63) is 76.8 Å². The number of hydrogen-bond acceptors (Lipinski definition) is 6. The minimum absolute atomic E-state index is 0.00637. The van der Waals surface area contributed by atoms with Crippen LogP contribution in [0.25, 0.3) is 32.9 Å². The van der Waals surface area contributed by atoms with Crippen molar-refractivity contribution >= 4 is 61.8 Å². The highest BCUT2D eigenvalue weighted by Gasteiger charge is 2.22. The van der Waals surface area contributed by atoms with Gasteiger partial charge in [0.05, 0.1) is 11.9 Å². The third-order valence-corrected chi connectivity index (χ3v) is 8.46. The largest absolute Gasteiger partial charge is 0.369 e. The maximum absolute atomic E-state index is 13.3. The fourth-order valence-corrected chi connectivity index (χ4v) is 6.08. The number of carbonyl (C=O) groups is 3. The van der Waals surface area contributed by atoms with Crippen molar-refractivity contribution in [2.24, 2.45) is 5.73 Å². The second kappa shape index (κ2) is 11.3. The summed E-state index contributed by atoms with van der Waals surface area (Å²) < 4.78 is 0. The number of amides is 4. The standard InChI is InChI=1S/C31H31N7O3S/c1-18-21(4-3-5-24(18)35-30(41)36-31-33-10-15-42-31)22-8-6-19(17-26(32)39)28-27(22)23-9-7-20(16-25(23)34-28)29(40)38-13-11-37(2)12-14-38/h3-10,15-16,34H,11-14,17H2,1-2H3,(H2,32,39)(H2,33,35,36,41). The molecule has 3 heterocycles. The number of hydrogen-bond donors (Lipinski definition) is 4. The molecule has 0 atom stereocenters. The summed E-state index contributed by atoms with van der Waals surface area (Å²) in [5.74, 6) is -0.422. The van der Waals surface area contributed by atoms with Gasteiger partial charge in [-0.3, -0.25) is 14.9 Å². The van der Waals surface area contributed by atoms with E-state index in [4.69, 9.17) is 5.73 Å². The summed E-state index contributed by atoms with van der Waals surface area (Å²) in [7, 11) is 2.06. The van der Waals surface area contributed by atoms with Gasteiger partial charge < -0.3 is 25.8 Å². The average molecular weight is 582 g/mol. The Morgan fingerprint density at radius 3 is 2.57 bits per heavy atom. The number of piperazine rings is 1. The molecular formula is C31H31N7O3S. The average Bonchev–Trinajstić information content (AvgIpc) is 3.62. The van der Waals surface area contributed by atoms with Crippen molar-refractivity contribution in [1.29, 1.82) is 0 Å². The van der Waals surface area contributed by atoms with Gasteiger partial charge in [0.25, 0.3) is 5.91 Å². The topological polar surface area (TPSA) is 136 Å². The van der Waals surface area contributed by atoms with E-state index in [2.05, 4.69) is 32.5 Å². The molecule has 0 spiro atoms. The number of fused-ring (bicyclic) bond motifs is 3. The summed E-state index contributed by atoms with van der Waals surface area (Å²) in [6.45, 7) is 5.04. The number of thiazole rings is 1. The molecule has 0 aliphatic carbocycles. The van der Waals surface area contributed by atoms with Crippen LogP contribution in [0.3, 0.4) is 0 Å². The number of likely N-dealkylation sites (N-methyl/N-ethyl adjacent to an activating group) is 1. The SMILES string of the molecule is Cc1c(NC(=O)Nc2nccs2)cccc1-c1ccc(CC(N)=O)c2[nH]c3cc(C(=O)N4CCN(C)CC4)ccc3c12. The lowest BCUT2D eigenvalue weighted by Gasteiger charge is -2.32. The van der Waals surface area contributed by atoms with E-state index < -0.39 is 5.91 Å². The zero-order chi connectivity index (χ0) is 29.4. The Bertz CT molecular complexity index is 1820. The molecule has 2 aromatic heterocycles. The molecule has 5 N–H and O–H groups in total. The first-order chi connectivity index (χ1) is 20.3. The van der Waals surface area contributed by atoms with Crippen LogP contribution in [0.2, 0.25) is 0 Å². The highest BCUT2D eigenvalue weighted by molar-refractivity contribution is 7.13. The van der Waals surface area contributed by atoms with Gasteiger partial charge in [0.2, 0.25) is 5.91 Å². The van der Waals surface area contributed by atoms with Crippen LogP contribution in [0.4, 0.5) is 15.6 Å². The van der Waals surface area contributed by atoms with Crippen LogP contribution in [-0.2, 0) is 11.2 Å². The van der Waals surface area contributed by atoms with Gasteiger partial charge in [-0.2, -0.15) is 0 Å². The Kier molecular flexibility index (Phi) is 7.36. The lowest BCUT2D eigenvalue weighted by Crippen LogP contribution is -2.47. The predicted octanol–water partition coefficient (Wildman–Crippen LogP) is 4.81. The van der Waals surface area contributed by atoms with Crippen LogP contribution in [0, 0.1) is 6.92 Å². The lowest BCUT2D eigenvalue weighted by atomic mass is 9.92. The third kappa shape index (κ3) is 5.31. The Morgan fingerprint density at radius 1 is 1.02 bits per heavy atom. The van der Waals surface area contributed by atoms with E-state index in [1.165, 1.54) is 11.3 Å². The monoisotopic (exact) mass is 581 g/mol. The van der Waals surface area contributed by atoms with Crippen LogP contribution in [-0.4, -0.2) is 70.8 Å². The van der Waals surface area contributed by atoms with Crippen LogP contribution < -0.4 is 16.4 Å². The molecule has 4 amide bonds. The smallest absolute Gasteiger partial charge is 0.325 e. The summed E-state index contributed by atoms with van der Waals surface area (Å²) in [6, 6.07) is 15.0. The second-order valence-electron chi connectivity index (χ2n) is 10.5. The molecule has 3 aromatic carbocycles. The predicted molar refractivity (Wildman–Crippen MR) is 167 cm³/mol. The minimum atomic E-state index is -0.428. The zero-order valence-electron chi connectivity index (χ0n) is 23.4. The van der Waals surface area contributed by atoms with Gasteiger partial charge in [0.1, 0.15) is 0 Å². The van der Waals surface area contributed by atoms with Crippen LogP contribution in [0.1, 0.15) is 21.5 Å². The number of benzene rings is 3. The molecule has 0 bridgehead atoms. The van der Waals surface area contributed by atoms with Crippen molar-refractivity contribution in [3.63, 3.8) is 0 Å². The van der Waals surface area contributed by atoms with E-state index in [9.17, 15) is 14.4 Å². The van der Waals surface area contributed by atoms with E-state index in [0.717, 1.165) is 57.1 Å². The van der Waals surface area contributed by atoms with Gasteiger partial charge in [-0.15, -0.1) is 11.3 Å². The summed E-state index contributed by atoms with van der Waals surface area (Å²) in [4.78, 5) is 49.6. The van der Waals surface area contributed by atoms with E-state index >= 15 is 0 Å². The molecule has 6 rings (SSSR count). The number of nitrogens with one attached hydrogen (secondary N) is 3. The van der Waals surface area contributed by atoms with Gasteiger partial charge in [-0.05, 0) is 54.4 Å². The number of urea groups is 1. The molecule has 1 aliphatic heterocycles. The molecule has 214 valence electrons. The molecular weight excluding hydrogens is 550 g/mol. The Morgan fingerprint density at radius 2 is 1.83 bits per heavy atom. The number of rotatable bonds is 6. The van der Waals surface area contributed by atoms with E-state index in [0.29, 0.717) is 29.5 Å². The summed E-state index contributed by atoms with van der Waals surface area (Å²) in [5, 5.41) is 9.84. The van der Waals surface area contributed by atoms with Gasteiger partial charge in [-0.25, -0.2) is 9.78 Å². The van der Waals surface area contributed by atoms with Crippen molar-refractivity contribution in [1.82, 2.24) is 19.8 Å². The zero-order valence-corrected chi connectivity index (χ0v) is 24.2. The molecule has 0 saturated carbocycles. The first kappa shape index (κ1) is 27.4. The fourth-order valence-electron chi connectivity index (χ4n) is 5.55. The highest BCUT2D eigenvalue weighted by atomic mass is 32.1. The van der Waals surface area contributed by atoms with Gasteiger partial charge in [0.15, 0.2) is 5.13 Å². The first-order valence-corrected chi connectivity index (χ1v) is 14.6. The summed E-state index contributed by atoms with van der Waals surface area (Å²) in [6.07, 6.45) is 1.71. The van der Waals surface area contributed by atoms with Gasteiger partial charge in [0, 0.05) is 65.3 Å². The molecule has 1 aliphatic rings. The van der Waals surface area contributed by atoms with Crippen molar-refractivity contribution in [2.45, 2.75) is 13.3 Å². The number of aromatic amines is 1. The molecule has 0 unspecified atom stereocenters. The summed E-state index contributed by atoms with van der Waals surface area (Å²) in [5.41, 5.74) is 12.0. The number of anilines is 2. The molecule has 1 fully saturated rings. The number of carbonyl (C=O) groups excluding carboxylic acids is 3. The van der Waals surface area contributed by atoms with Crippen molar-refractivity contribution in [2.75, 3.05) is 43.9 Å². The van der Waals surface area contributed by atoms with E-state index in [-0.39, 0.29) is 18.4 Å². The number of H-pyrrole nitrogens is 1. The maximum atomic E-state index is 13.3. The molecule has 11 heteroatoms. The molecule has 5 aromatic rings. The Balaban J connectivity index is 1.42. The normalized spacial score (nSPS) is 13.9. The Hall–Kier alpha value is -4.74. The number of aromatic nitrogens is 2. The fraction of sp³-hybridized carbons (Fsp3) is 0.226. The Labute approximate surface area is 246 Å². The van der Waals surface area contributed by atoms with Crippen LogP contribution in [0.15, 0.2) is 60.1 Å². The molecule has 10 nitrogen and oxygen atoms in total. The molecule has 0 radical (unpaired) electrons. The van der Waals surface area contributed by atoms with Crippen molar-refractivity contribution in [3.8, 4) is 11.1 Å². The minimum Gasteiger partial charge on any atom is -0.369 e. The number of primary amides is 1. The van der Waals surface area contributed by atoms with Gasteiger partial charge in [-0.1, -0.05) is 30.3 Å². The van der Waals surface area contributed by atoms with Crippen molar-refractivity contribution < 1.29 is 14.4 Å². The van der Waals surface area contributed by atoms with Gasteiger partial charge >= 0.3 is 6.03 Å². The molecule has 1 saturated heterocycles.